The molecule has 0 saturated carbocycles. The van der Waals surface area contributed by atoms with Gasteiger partial charge in [0.25, 0.3) is 0 Å². The molecular formula is C117H108. The molecule has 0 aromatic heterocycles. The highest BCUT2D eigenvalue weighted by molar-refractivity contribution is 6.17. The van der Waals surface area contributed by atoms with E-state index < -0.39 is 0 Å². The summed E-state index contributed by atoms with van der Waals surface area (Å²) >= 11 is 0. The second-order valence-electron chi connectivity index (χ2n) is 36.1. The molecule has 0 spiro atoms. The molecule has 0 saturated heterocycles. The zero-order chi connectivity index (χ0) is 81.9. The Hall–Kier alpha value is -12.5. The third-order valence-corrected chi connectivity index (χ3v) is 24.6. The van der Waals surface area contributed by atoms with Gasteiger partial charge in [-0.2, -0.15) is 0 Å². The van der Waals surface area contributed by atoms with Crippen LogP contribution in [0.2, 0.25) is 0 Å². The molecule has 0 radical (unpaired) electrons. The van der Waals surface area contributed by atoms with Crippen LogP contribution in [0.25, 0.3) is 165 Å². The molecule has 18 aromatic carbocycles. The summed E-state index contributed by atoms with van der Waals surface area (Å²) in [6.07, 6.45) is 0. The van der Waals surface area contributed by atoms with Crippen LogP contribution in [-0.4, -0.2) is 0 Å². The Morgan fingerprint density at radius 1 is 0.145 bits per heavy atom. The fraction of sp³-hybridized carbons (Fsp3) is 0.179. The molecule has 576 valence electrons. The van der Waals surface area contributed by atoms with Crippen molar-refractivity contribution in [2.24, 2.45) is 0 Å². The van der Waals surface area contributed by atoms with E-state index in [4.69, 9.17) is 0 Å². The maximum Gasteiger partial charge on any atom is -0.00241 e. The molecule has 0 fully saturated rings. The predicted octanol–water partition coefficient (Wildman–Crippen LogP) is 33.7. The maximum absolute atomic E-state index is 2.39. The first kappa shape index (κ1) is 78.4. The van der Waals surface area contributed by atoms with Gasteiger partial charge in [-0.05, 0) is 365 Å². The Kier molecular flexibility index (Phi) is 21.2. The van der Waals surface area contributed by atoms with E-state index in [0.29, 0.717) is 0 Å². The highest BCUT2D eigenvalue weighted by Crippen LogP contribution is 2.47. The van der Waals surface area contributed by atoms with Crippen molar-refractivity contribution in [2.45, 2.75) is 141 Å². The quantitative estimate of drug-likeness (QED) is 0.126. The number of benzene rings is 18. The van der Waals surface area contributed by atoms with Crippen molar-refractivity contribution in [3.63, 3.8) is 0 Å². The van der Waals surface area contributed by atoms with Crippen molar-refractivity contribution in [1.82, 2.24) is 0 Å². The second-order valence-corrected chi connectivity index (χ2v) is 36.1. The molecule has 0 heteroatoms. The van der Waals surface area contributed by atoms with Crippen molar-refractivity contribution < 1.29 is 0 Å². The van der Waals surface area contributed by atoms with Crippen LogP contribution in [-0.2, 0) is 16.2 Å². The first-order chi connectivity index (χ1) is 56.1. The van der Waals surface area contributed by atoms with Crippen LogP contribution in [0.3, 0.4) is 0 Å². The molecule has 0 nitrogen and oxygen atoms in total. The van der Waals surface area contributed by atoms with Gasteiger partial charge in [0.05, 0.1) is 0 Å². The lowest BCUT2D eigenvalue weighted by molar-refractivity contribution is 0.590. The van der Waals surface area contributed by atoms with Crippen LogP contribution in [0.1, 0.15) is 129 Å². The van der Waals surface area contributed by atoms with Crippen LogP contribution in [0.4, 0.5) is 0 Å². The molecule has 18 aromatic rings. The monoisotopic (exact) mass is 1510 g/mol. The summed E-state index contributed by atoms with van der Waals surface area (Å²) in [5.41, 5.74) is 39.6. The molecule has 0 aliphatic carbocycles. The van der Waals surface area contributed by atoms with E-state index in [9.17, 15) is 0 Å². The smallest absolute Gasteiger partial charge is 0.00241 e. The molecule has 0 heterocycles. The van der Waals surface area contributed by atoms with Gasteiger partial charge in [-0.3, -0.25) is 0 Å². The Morgan fingerprint density at radius 2 is 0.359 bits per heavy atom. The number of hydrogen-bond acceptors (Lipinski definition) is 0. The number of fused-ring (bicyclic) bond motifs is 6. The first-order valence-electron chi connectivity index (χ1n) is 41.8. The Bertz CT molecular complexity index is 6420. The van der Waals surface area contributed by atoms with E-state index in [2.05, 4.69) is 452 Å². The molecule has 0 aliphatic heterocycles. The number of rotatable bonds is 9. The molecule has 117 heavy (non-hydrogen) atoms. The van der Waals surface area contributed by atoms with Gasteiger partial charge in [-0.1, -0.05) is 335 Å². The lowest BCUT2D eigenvalue weighted by Gasteiger charge is -2.20. The summed E-state index contributed by atoms with van der Waals surface area (Å²) in [4.78, 5) is 0. The van der Waals surface area contributed by atoms with Crippen molar-refractivity contribution in [3.05, 3.63) is 394 Å². The lowest BCUT2D eigenvalue weighted by Crippen LogP contribution is -2.10. The average molecular weight is 1510 g/mol. The highest BCUT2D eigenvalue weighted by Gasteiger charge is 2.22. The van der Waals surface area contributed by atoms with Gasteiger partial charge < -0.3 is 0 Å². The van der Waals surface area contributed by atoms with Gasteiger partial charge in [0, 0.05) is 0 Å². The fourth-order valence-corrected chi connectivity index (χ4v) is 18.3. The van der Waals surface area contributed by atoms with E-state index in [1.165, 1.54) is 232 Å². The van der Waals surface area contributed by atoms with Crippen molar-refractivity contribution in [2.75, 3.05) is 0 Å². The van der Waals surface area contributed by atoms with E-state index in [0.717, 1.165) is 0 Å². The molecule has 0 amide bonds. The minimum Gasteiger partial charge on any atom is -0.0622 e. The molecule has 0 atom stereocenters. The zero-order valence-corrected chi connectivity index (χ0v) is 71.7. The average Bonchev–Trinajstić information content (AvgIpc) is 0.753. The predicted molar refractivity (Wildman–Crippen MR) is 512 cm³/mol. The normalized spacial score (nSPS) is 11.8. The highest BCUT2D eigenvalue weighted by atomic mass is 14.3. The molecule has 0 N–H and O–H groups in total. The lowest BCUT2D eigenvalue weighted by atomic mass is 9.84. The largest absolute Gasteiger partial charge is 0.0622 e. The van der Waals surface area contributed by atoms with Crippen molar-refractivity contribution in [1.29, 1.82) is 0 Å². The third-order valence-electron chi connectivity index (χ3n) is 24.6. The van der Waals surface area contributed by atoms with Crippen molar-refractivity contribution in [3.8, 4) is 100 Å². The second kappa shape index (κ2) is 31.6. The topological polar surface area (TPSA) is 0 Å². The van der Waals surface area contributed by atoms with Crippen LogP contribution in [0, 0.1) is 62.3 Å². The first-order valence-corrected chi connectivity index (χ1v) is 41.8. The summed E-state index contributed by atoms with van der Waals surface area (Å²) in [5, 5.41) is 15.4. The number of aryl methyl sites for hydroxylation is 9. The van der Waals surface area contributed by atoms with Gasteiger partial charge in [0.15, 0.2) is 0 Å². The molecule has 0 unspecified atom stereocenters. The van der Waals surface area contributed by atoms with Crippen LogP contribution in [0.5, 0.6) is 0 Å². The standard InChI is InChI=1S/C44H46.C37H32.C36H30/c1-42(2,3)36-18-10-29(11-19-36)32-16-24-39-34(26-32)28-35-27-33(30-12-20-37(21-13-30)43(4,5)6)17-25-40(35)41(39)31-14-22-38(23-15-31)44(7,8)9;1-23-10-6-7-15-32(23)37-33-18-16-28(35-24(2)11-8-12-25(35)3)20-30(33)22-31-21-29(17-19-34(31)37)36-26(4)13-9-14-27(36)5;1-23-10-8-11-24(2)34(23)28-16-18-32-30(20-28)22-31-21-29(35-25(3)12-9-13-26(35)4)17-19-33(31)36(32)27-14-6-5-7-15-27/h10-28H,1-9H3;6-22H,1-5H3;5-22H,1-4H3. The van der Waals surface area contributed by atoms with E-state index in [1.807, 2.05) is 0 Å². The summed E-state index contributed by atoms with van der Waals surface area (Å²) in [5.74, 6) is 0. The van der Waals surface area contributed by atoms with E-state index in [1.54, 1.807) is 0 Å². The van der Waals surface area contributed by atoms with Gasteiger partial charge in [0.1, 0.15) is 0 Å². The zero-order valence-electron chi connectivity index (χ0n) is 71.7. The fourth-order valence-electron chi connectivity index (χ4n) is 18.3. The van der Waals surface area contributed by atoms with Crippen LogP contribution >= 0.6 is 0 Å². The summed E-state index contributed by atoms with van der Waals surface area (Å²) in [6.45, 7) is 40.3. The molecular weight excluding hydrogens is 1410 g/mol. The Balaban J connectivity index is 0.000000132. The number of hydrogen-bond donors (Lipinski definition) is 0. The van der Waals surface area contributed by atoms with Gasteiger partial charge in [0.2, 0.25) is 0 Å². The summed E-state index contributed by atoms with van der Waals surface area (Å²) in [7, 11) is 0. The minimum atomic E-state index is 0.119. The van der Waals surface area contributed by atoms with Crippen LogP contribution in [0.15, 0.2) is 328 Å². The van der Waals surface area contributed by atoms with E-state index in [-0.39, 0.29) is 16.2 Å². The maximum atomic E-state index is 2.39. The molecule has 0 bridgehead atoms. The van der Waals surface area contributed by atoms with E-state index >= 15 is 0 Å². The minimum absolute atomic E-state index is 0.119. The van der Waals surface area contributed by atoms with Gasteiger partial charge in [-0.15, -0.1) is 0 Å². The third kappa shape index (κ3) is 15.7. The molecule has 18 rings (SSSR count). The summed E-state index contributed by atoms with van der Waals surface area (Å²) in [6, 6.07) is 122. The Labute approximate surface area is 695 Å². The summed E-state index contributed by atoms with van der Waals surface area (Å²) < 4.78 is 0. The van der Waals surface area contributed by atoms with Crippen LogP contribution < -0.4 is 0 Å². The van der Waals surface area contributed by atoms with Gasteiger partial charge >= 0.3 is 0 Å². The molecule has 0 aliphatic rings. The van der Waals surface area contributed by atoms with Gasteiger partial charge in [-0.25, -0.2) is 0 Å². The Morgan fingerprint density at radius 3 is 0.632 bits per heavy atom. The SMILES string of the molecule is CC(C)(C)c1ccc(-c2ccc3c(-c4ccc(C(C)(C)C)cc4)c4ccc(-c5ccc(C(C)(C)C)cc5)cc4cc3c2)cc1.Cc1cccc(C)c1-c1ccc2c(-c3ccccc3)c3ccc(-c4c(C)cccc4C)cc3cc2c1.Cc1ccccc1-c1c2ccc(-c3c(C)cccc3C)cc2cc2cc(-c3c(C)cccc3C)ccc12. The van der Waals surface area contributed by atoms with Crippen molar-refractivity contribution >= 4 is 64.6 Å².